The number of piperidine rings is 2. The van der Waals surface area contributed by atoms with Crippen molar-refractivity contribution >= 4 is 0 Å². The summed E-state index contributed by atoms with van der Waals surface area (Å²) in [6, 6.07) is 0.779. The fraction of sp³-hybridized carbons (Fsp3) is 1.00. The van der Waals surface area contributed by atoms with Crippen molar-refractivity contribution in [2.45, 2.75) is 65.3 Å². The Balaban J connectivity index is 1.84. The van der Waals surface area contributed by atoms with Gasteiger partial charge in [0.05, 0.1) is 0 Å². The van der Waals surface area contributed by atoms with Gasteiger partial charge >= 0.3 is 0 Å². The fourth-order valence-electron chi connectivity index (χ4n) is 3.46. The molecule has 0 amide bonds. The molecule has 0 aromatic heterocycles. The van der Waals surface area contributed by atoms with Crippen molar-refractivity contribution in [2.75, 3.05) is 19.6 Å². The number of nitrogens with one attached hydrogen (secondary N) is 2. The lowest BCUT2D eigenvalue weighted by molar-refractivity contribution is 0.108. The first-order valence-electron chi connectivity index (χ1n) is 7.43. The molecule has 2 heteroatoms. The van der Waals surface area contributed by atoms with Crippen LogP contribution in [0.2, 0.25) is 0 Å². The van der Waals surface area contributed by atoms with Gasteiger partial charge in [0, 0.05) is 6.04 Å². The molecule has 2 heterocycles. The largest absolute Gasteiger partial charge is 0.317 e. The van der Waals surface area contributed by atoms with E-state index in [1.807, 2.05) is 0 Å². The van der Waals surface area contributed by atoms with E-state index in [1.54, 1.807) is 0 Å². The van der Waals surface area contributed by atoms with Crippen molar-refractivity contribution in [3.8, 4) is 0 Å². The second-order valence-corrected chi connectivity index (χ2v) is 7.45. The molecule has 1 spiro atoms. The van der Waals surface area contributed by atoms with Crippen LogP contribution >= 0.6 is 0 Å². The van der Waals surface area contributed by atoms with Gasteiger partial charge in [-0.05, 0) is 69.0 Å². The zero-order chi connectivity index (χ0) is 12.4. The van der Waals surface area contributed by atoms with Gasteiger partial charge in [-0.3, -0.25) is 0 Å². The van der Waals surface area contributed by atoms with Crippen LogP contribution in [0.5, 0.6) is 0 Å². The molecule has 0 aliphatic carbocycles. The lowest BCUT2D eigenvalue weighted by atomic mass is 9.69. The maximum absolute atomic E-state index is 3.74. The maximum atomic E-state index is 3.74. The highest BCUT2D eigenvalue weighted by Gasteiger charge is 2.36. The molecule has 2 aliphatic rings. The molecule has 2 aliphatic heterocycles. The molecule has 0 radical (unpaired) electrons. The van der Waals surface area contributed by atoms with Gasteiger partial charge in [-0.1, -0.05) is 20.8 Å². The summed E-state index contributed by atoms with van der Waals surface area (Å²) in [4.78, 5) is 0. The van der Waals surface area contributed by atoms with E-state index in [1.165, 1.54) is 58.2 Å². The van der Waals surface area contributed by atoms with E-state index in [0.717, 1.165) is 6.04 Å². The van der Waals surface area contributed by atoms with Gasteiger partial charge in [-0.25, -0.2) is 0 Å². The van der Waals surface area contributed by atoms with E-state index >= 15 is 0 Å². The van der Waals surface area contributed by atoms with E-state index < -0.39 is 0 Å². The predicted octanol–water partition coefficient (Wildman–Crippen LogP) is 2.93. The monoisotopic (exact) mass is 238 g/mol. The standard InChI is InChI=1S/C15H30N2/c1-14(2,3)5-4-13-12-15(8-11-17-13)6-9-16-10-7-15/h13,16-17H,4-12H2,1-3H3. The summed E-state index contributed by atoms with van der Waals surface area (Å²) in [5, 5.41) is 7.25. The maximum Gasteiger partial charge on any atom is 0.00725 e. The zero-order valence-electron chi connectivity index (χ0n) is 11.9. The fourth-order valence-corrected chi connectivity index (χ4v) is 3.46. The highest BCUT2D eigenvalue weighted by Crippen LogP contribution is 2.40. The first kappa shape index (κ1) is 13.4. The van der Waals surface area contributed by atoms with E-state index in [4.69, 9.17) is 0 Å². The zero-order valence-corrected chi connectivity index (χ0v) is 11.9. The molecule has 100 valence electrons. The van der Waals surface area contributed by atoms with Crippen LogP contribution in [0.1, 0.15) is 59.3 Å². The third kappa shape index (κ3) is 3.96. The summed E-state index contributed by atoms with van der Waals surface area (Å²) in [5.41, 5.74) is 1.17. The second-order valence-electron chi connectivity index (χ2n) is 7.45. The van der Waals surface area contributed by atoms with Crippen molar-refractivity contribution in [3.05, 3.63) is 0 Å². The van der Waals surface area contributed by atoms with E-state index in [0.29, 0.717) is 10.8 Å². The predicted molar refractivity (Wildman–Crippen MR) is 74.3 cm³/mol. The lowest BCUT2D eigenvalue weighted by Crippen LogP contribution is -2.48. The minimum absolute atomic E-state index is 0.487. The molecule has 17 heavy (non-hydrogen) atoms. The molecule has 0 aromatic carbocycles. The number of rotatable bonds is 2. The van der Waals surface area contributed by atoms with Crippen LogP contribution in [-0.4, -0.2) is 25.7 Å². The summed E-state index contributed by atoms with van der Waals surface area (Å²) in [5.74, 6) is 0. The van der Waals surface area contributed by atoms with E-state index in [2.05, 4.69) is 31.4 Å². The van der Waals surface area contributed by atoms with Crippen molar-refractivity contribution in [1.82, 2.24) is 10.6 Å². The molecule has 2 N–H and O–H groups in total. The van der Waals surface area contributed by atoms with Crippen molar-refractivity contribution in [3.63, 3.8) is 0 Å². The van der Waals surface area contributed by atoms with Gasteiger partial charge in [0.25, 0.3) is 0 Å². The molecule has 2 saturated heterocycles. The Bertz CT molecular complexity index is 230. The highest BCUT2D eigenvalue weighted by atomic mass is 14.9. The third-order valence-corrected chi connectivity index (χ3v) is 4.67. The minimum Gasteiger partial charge on any atom is -0.317 e. The van der Waals surface area contributed by atoms with Gasteiger partial charge in [0.2, 0.25) is 0 Å². The highest BCUT2D eigenvalue weighted by molar-refractivity contribution is 4.93. The molecular weight excluding hydrogens is 208 g/mol. The van der Waals surface area contributed by atoms with Gasteiger partial charge in [0.1, 0.15) is 0 Å². The summed E-state index contributed by atoms with van der Waals surface area (Å²) >= 11 is 0. The average Bonchev–Trinajstić information content (AvgIpc) is 2.27. The van der Waals surface area contributed by atoms with Crippen molar-refractivity contribution < 1.29 is 0 Å². The molecule has 0 saturated carbocycles. The first-order chi connectivity index (χ1) is 7.99. The van der Waals surface area contributed by atoms with Crippen LogP contribution in [0.25, 0.3) is 0 Å². The minimum atomic E-state index is 0.487. The van der Waals surface area contributed by atoms with Gasteiger partial charge in [-0.15, -0.1) is 0 Å². The first-order valence-corrected chi connectivity index (χ1v) is 7.43. The smallest absolute Gasteiger partial charge is 0.00725 e. The van der Waals surface area contributed by atoms with Gasteiger partial charge in [-0.2, -0.15) is 0 Å². The Hall–Kier alpha value is -0.0800. The number of hydrogen-bond acceptors (Lipinski definition) is 2. The molecule has 0 aromatic rings. The van der Waals surface area contributed by atoms with E-state index in [-0.39, 0.29) is 0 Å². The van der Waals surface area contributed by atoms with Crippen LogP contribution in [0.3, 0.4) is 0 Å². The van der Waals surface area contributed by atoms with Crippen molar-refractivity contribution in [2.24, 2.45) is 10.8 Å². The van der Waals surface area contributed by atoms with Crippen LogP contribution < -0.4 is 10.6 Å². The molecule has 0 bridgehead atoms. The summed E-state index contributed by atoms with van der Waals surface area (Å²) in [7, 11) is 0. The third-order valence-electron chi connectivity index (χ3n) is 4.67. The molecule has 2 fully saturated rings. The molecule has 2 rings (SSSR count). The Labute approximate surface area is 107 Å². The van der Waals surface area contributed by atoms with Crippen LogP contribution in [-0.2, 0) is 0 Å². The summed E-state index contributed by atoms with van der Waals surface area (Å²) in [6.07, 6.45) is 8.34. The van der Waals surface area contributed by atoms with Crippen molar-refractivity contribution in [1.29, 1.82) is 0 Å². The van der Waals surface area contributed by atoms with Gasteiger partial charge in [0.15, 0.2) is 0 Å². The molecule has 2 nitrogen and oxygen atoms in total. The Kier molecular flexibility index (Phi) is 4.14. The van der Waals surface area contributed by atoms with E-state index in [9.17, 15) is 0 Å². The summed E-state index contributed by atoms with van der Waals surface area (Å²) < 4.78 is 0. The Morgan fingerprint density at radius 1 is 1.06 bits per heavy atom. The topological polar surface area (TPSA) is 24.1 Å². The second kappa shape index (κ2) is 5.27. The molecular formula is C15H30N2. The Morgan fingerprint density at radius 2 is 1.71 bits per heavy atom. The average molecular weight is 238 g/mol. The van der Waals surface area contributed by atoms with Gasteiger partial charge < -0.3 is 10.6 Å². The quantitative estimate of drug-likeness (QED) is 0.773. The summed E-state index contributed by atoms with van der Waals surface area (Å²) in [6.45, 7) is 10.8. The Morgan fingerprint density at radius 3 is 2.35 bits per heavy atom. The normalized spacial score (nSPS) is 29.5. The number of hydrogen-bond donors (Lipinski definition) is 2. The van der Waals surface area contributed by atoms with Crippen LogP contribution in [0.15, 0.2) is 0 Å². The molecule has 1 unspecified atom stereocenters. The lowest BCUT2D eigenvalue weighted by Gasteiger charge is -2.45. The molecule has 1 atom stereocenters. The van der Waals surface area contributed by atoms with Crippen LogP contribution in [0.4, 0.5) is 0 Å². The SMILES string of the molecule is CC(C)(C)CCC1CC2(CCNCC2)CCN1. The van der Waals surface area contributed by atoms with Crippen LogP contribution in [0, 0.1) is 10.8 Å².